The predicted molar refractivity (Wildman–Crippen MR) is 68.8 cm³/mol. The summed E-state index contributed by atoms with van der Waals surface area (Å²) < 4.78 is 0.908. The Morgan fingerprint density at radius 2 is 2.28 bits per heavy atom. The van der Waals surface area contributed by atoms with Gasteiger partial charge in [-0.15, -0.1) is 11.3 Å². The Morgan fingerprint density at radius 3 is 2.94 bits per heavy atom. The number of nitrogens with zero attached hydrogens (tertiary/aromatic N) is 1. The molecule has 2 rings (SSSR count). The monoisotopic (exact) mass is 264 g/mol. The number of benzene rings is 1. The van der Waals surface area contributed by atoms with E-state index >= 15 is 0 Å². The molecule has 18 heavy (non-hydrogen) atoms. The Bertz CT molecular complexity index is 594. The molecule has 0 spiro atoms. The van der Waals surface area contributed by atoms with Gasteiger partial charge in [0.1, 0.15) is 6.04 Å². The van der Waals surface area contributed by atoms with Gasteiger partial charge in [-0.05, 0) is 24.6 Å². The molecule has 2 aromatic rings. The van der Waals surface area contributed by atoms with Gasteiger partial charge in [0.15, 0.2) is 0 Å². The van der Waals surface area contributed by atoms with E-state index < -0.39 is 12.0 Å². The number of carboxylic acids is 1. The minimum Gasteiger partial charge on any atom is -0.480 e. The van der Waals surface area contributed by atoms with Gasteiger partial charge in [-0.3, -0.25) is 4.79 Å². The van der Waals surface area contributed by atoms with E-state index in [4.69, 9.17) is 5.11 Å². The maximum Gasteiger partial charge on any atom is 0.326 e. The molecule has 0 fully saturated rings. The summed E-state index contributed by atoms with van der Waals surface area (Å²) in [5.74, 6) is -1.40. The lowest BCUT2D eigenvalue weighted by Gasteiger charge is -2.12. The van der Waals surface area contributed by atoms with Crippen molar-refractivity contribution < 1.29 is 14.7 Å². The molecule has 0 saturated heterocycles. The molecule has 2 N–H and O–H groups in total. The second kappa shape index (κ2) is 5.14. The van der Waals surface area contributed by atoms with Crippen LogP contribution in [0.2, 0.25) is 0 Å². The summed E-state index contributed by atoms with van der Waals surface area (Å²) in [4.78, 5) is 26.9. The molecule has 1 atom stereocenters. The van der Waals surface area contributed by atoms with E-state index in [1.807, 2.05) is 0 Å². The van der Waals surface area contributed by atoms with E-state index in [1.165, 1.54) is 11.3 Å². The fourth-order valence-electron chi connectivity index (χ4n) is 1.58. The average molecular weight is 264 g/mol. The molecule has 1 heterocycles. The van der Waals surface area contributed by atoms with Gasteiger partial charge in [0.25, 0.3) is 5.91 Å². The lowest BCUT2D eigenvalue weighted by Crippen LogP contribution is -2.40. The number of aromatic nitrogens is 1. The van der Waals surface area contributed by atoms with E-state index in [0.717, 1.165) is 10.2 Å². The van der Waals surface area contributed by atoms with Gasteiger partial charge in [0, 0.05) is 5.56 Å². The zero-order valence-corrected chi connectivity index (χ0v) is 10.5. The third-order valence-electron chi connectivity index (χ3n) is 2.61. The molecule has 0 aliphatic carbocycles. The predicted octanol–water partition coefficient (Wildman–Crippen LogP) is 1.89. The lowest BCUT2D eigenvalue weighted by molar-refractivity contribution is -0.139. The topological polar surface area (TPSA) is 79.3 Å². The summed E-state index contributed by atoms with van der Waals surface area (Å²) in [6.45, 7) is 1.71. The average Bonchev–Trinajstić information content (AvgIpc) is 2.82. The number of nitrogens with one attached hydrogen (secondary N) is 1. The molecule has 1 aromatic heterocycles. The van der Waals surface area contributed by atoms with Crippen molar-refractivity contribution in [3.63, 3.8) is 0 Å². The normalized spacial score (nSPS) is 12.3. The van der Waals surface area contributed by atoms with Crippen molar-refractivity contribution >= 4 is 33.4 Å². The smallest absolute Gasteiger partial charge is 0.326 e. The number of hydrogen-bond acceptors (Lipinski definition) is 4. The summed E-state index contributed by atoms with van der Waals surface area (Å²) in [6, 6.07) is 4.26. The second-order valence-corrected chi connectivity index (χ2v) is 4.69. The van der Waals surface area contributed by atoms with Crippen molar-refractivity contribution in [3.8, 4) is 0 Å². The third-order valence-corrected chi connectivity index (χ3v) is 3.40. The van der Waals surface area contributed by atoms with Crippen molar-refractivity contribution in [2.45, 2.75) is 19.4 Å². The van der Waals surface area contributed by atoms with Crippen LogP contribution in [-0.2, 0) is 4.79 Å². The molecule has 1 amide bonds. The number of aliphatic carboxylic acids is 1. The Labute approximate surface area is 107 Å². The highest BCUT2D eigenvalue weighted by atomic mass is 32.1. The molecule has 0 unspecified atom stereocenters. The van der Waals surface area contributed by atoms with E-state index in [9.17, 15) is 9.59 Å². The van der Waals surface area contributed by atoms with Crippen LogP contribution in [0.25, 0.3) is 10.2 Å². The van der Waals surface area contributed by atoms with Gasteiger partial charge >= 0.3 is 5.97 Å². The van der Waals surface area contributed by atoms with Crippen molar-refractivity contribution in [2.75, 3.05) is 0 Å². The first kappa shape index (κ1) is 12.5. The Balaban J connectivity index is 2.19. The molecule has 0 radical (unpaired) electrons. The van der Waals surface area contributed by atoms with Crippen LogP contribution >= 0.6 is 11.3 Å². The fraction of sp³-hybridized carbons (Fsp3) is 0.250. The fourth-order valence-corrected chi connectivity index (χ4v) is 2.29. The first-order chi connectivity index (χ1) is 8.61. The molecular weight excluding hydrogens is 252 g/mol. The highest BCUT2D eigenvalue weighted by molar-refractivity contribution is 7.16. The standard InChI is InChI=1S/C12H12N2O3S/c1-2-8(12(16)17)14-11(15)7-3-4-9-10(5-7)18-6-13-9/h3-6,8H,2H2,1H3,(H,14,15)(H,16,17)/t8-/m1/s1. The van der Waals surface area contributed by atoms with Gasteiger partial charge in [-0.1, -0.05) is 6.92 Å². The molecule has 0 aliphatic rings. The van der Waals surface area contributed by atoms with Gasteiger partial charge in [0.2, 0.25) is 0 Å². The van der Waals surface area contributed by atoms with Gasteiger partial charge < -0.3 is 10.4 Å². The summed E-state index contributed by atoms with van der Waals surface area (Å²) in [7, 11) is 0. The number of carbonyl (C=O) groups is 2. The van der Waals surface area contributed by atoms with E-state index in [2.05, 4.69) is 10.3 Å². The molecular formula is C12H12N2O3S. The van der Waals surface area contributed by atoms with E-state index in [1.54, 1.807) is 30.6 Å². The van der Waals surface area contributed by atoms with Gasteiger partial charge in [0.05, 0.1) is 15.7 Å². The molecule has 6 heteroatoms. The van der Waals surface area contributed by atoms with Crippen molar-refractivity contribution in [1.29, 1.82) is 0 Å². The van der Waals surface area contributed by atoms with Crippen molar-refractivity contribution in [3.05, 3.63) is 29.3 Å². The minimum atomic E-state index is -1.02. The lowest BCUT2D eigenvalue weighted by atomic mass is 10.1. The van der Waals surface area contributed by atoms with Crippen LogP contribution in [0.3, 0.4) is 0 Å². The SMILES string of the molecule is CC[C@@H](NC(=O)c1ccc2ncsc2c1)C(=O)O. The largest absolute Gasteiger partial charge is 0.480 e. The van der Waals surface area contributed by atoms with Gasteiger partial charge in [-0.25, -0.2) is 9.78 Å². The molecule has 0 bridgehead atoms. The molecule has 0 aliphatic heterocycles. The zero-order valence-electron chi connectivity index (χ0n) is 9.71. The maximum atomic E-state index is 11.9. The molecule has 94 valence electrons. The van der Waals surface area contributed by atoms with Crippen LogP contribution in [0.15, 0.2) is 23.7 Å². The van der Waals surface area contributed by atoms with Crippen LogP contribution in [-0.4, -0.2) is 28.0 Å². The van der Waals surface area contributed by atoms with Crippen molar-refractivity contribution in [1.82, 2.24) is 10.3 Å². The van der Waals surface area contributed by atoms with Crippen LogP contribution in [0.5, 0.6) is 0 Å². The number of amides is 1. The van der Waals surface area contributed by atoms with Crippen LogP contribution in [0, 0.1) is 0 Å². The Kier molecular flexibility index (Phi) is 3.57. The summed E-state index contributed by atoms with van der Waals surface area (Å²) >= 11 is 1.44. The number of hydrogen-bond donors (Lipinski definition) is 2. The van der Waals surface area contributed by atoms with Crippen LogP contribution in [0.4, 0.5) is 0 Å². The number of thiazole rings is 1. The van der Waals surface area contributed by atoms with E-state index in [0.29, 0.717) is 12.0 Å². The quantitative estimate of drug-likeness (QED) is 0.883. The van der Waals surface area contributed by atoms with Crippen LogP contribution < -0.4 is 5.32 Å². The van der Waals surface area contributed by atoms with Crippen LogP contribution in [0.1, 0.15) is 23.7 Å². The minimum absolute atomic E-state index is 0.351. The number of rotatable bonds is 4. The number of carboxylic acid groups (broad SMARTS) is 1. The first-order valence-electron chi connectivity index (χ1n) is 5.48. The number of carbonyl (C=O) groups excluding carboxylic acids is 1. The number of fused-ring (bicyclic) bond motifs is 1. The molecule has 1 aromatic carbocycles. The zero-order chi connectivity index (χ0) is 13.1. The maximum absolute atomic E-state index is 11.9. The van der Waals surface area contributed by atoms with Gasteiger partial charge in [-0.2, -0.15) is 0 Å². The Hall–Kier alpha value is -1.95. The highest BCUT2D eigenvalue weighted by Crippen LogP contribution is 2.19. The Morgan fingerprint density at radius 1 is 1.50 bits per heavy atom. The summed E-state index contributed by atoms with van der Waals surface area (Å²) in [6.07, 6.45) is 0.351. The second-order valence-electron chi connectivity index (χ2n) is 3.81. The summed E-state index contributed by atoms with van der Waals surface area (Å²) in [5.41, 5.74) is 2.99. The van der Waals surface area contributed by atoms with E-state index in [-0.39, 0.29) is 5.91 Å². The third kappa shape index (κ3) is 2.48. The highest BCUT2D eigenvalue weighted by Gasteiger charge is 2.18. The summed E-state index contributed by atoms with van der Waals surface area (Å²) in [5, 5.41) is 11.4. The van der Waals surface area contributed by atoms with Crippen molar-refractivity contribution in [2.24, 2.45) is 0 Å². The molecule has 5 nitrogen and oxygen atoms in total. The first-order valence-corrected chi connectivity index (χ1v) is 6.36. The molecule has 0 saturated carbocycles.